The van der Waals surface area contributed by atoms with Crippen LogP contribution in [0.15, 0.2) is 95.9 Å². The van der Waals surface area contributed by atoms with E-state index in [9.17, 15) is 45.9 Å². The Hall–Kier alpha value is -5.54. The molecule has 4 aromatic rings. The van der Waals surface area contributed by atoms with Crippen molar-refractivity contribution in [3.8, 4) is 0 Å². The zero-order valence-electron chi connectivity index (χ0n) is 29.1. The lowest BCUT2D eigenvalue weighted by molar-refractivity contribution is -0.143. The molecule has 1 fully saturated rings. The number of carbonyl (C=O) groups excluding carboxylic acids is 2. The summed E-state index contributed by atoms with van der Waals surface area (Å²) in [6.45, 7) is 1.77. The van der Waals surface area contributed by atoms with Crippen molar-refractivity contribution in [3.05, 3.63) is 124 Å². The Morgan fingerprint density at radius 1 is 0.759 bits per heavy atom. The summed E-state index contributed by atoms with van der Waals surface area (Å²) in [5.41, 5.74) is 0.294. The largest absolute Gasteiger partial charge is 0.481 e. The van der Waals surface area contributed by atoms with Crippen LogP contribution in [0.2, 0.25) is 0 Å². The van der Waals surface area contributed by atoms with E-state index in [1.54, 1.807) is 43.3 Å². The number of nitrogens with one attached hydrogen (secondary N) is 2. The lowest BCUT2D eigenvalue weighted by Crippen LogP contribution is -2.42. The van der Waals surface area contributed by atoms with Crippen LogP contribution in [0.5, 0.6) is 0 Å². The molecule has 5 rings (SSSR count). The van der Waals surface area contributed by atoms with Crippen LogP contribution in [-0.4, -0.2) is 59.3 Å². The van der Waals surface area contributed by atoms with Crippen molar-refractivity contribution < 1.29 is 51.0 Å². The van der Waals surface area contributed by atoms with Gasteiger partial charge in [0.2, 0.25) is 10.0 Å². The number of benzene rings is 4. The number of halogens is 3. The van der Waals surface area contributed by atoms with Gasteiger partial charge >= 0.3 is 18.1 Å². The standard InChI is InChI=1S/C39H38F3N3O8S/c1-2-45(31-19-14-27(15-20-31)38(50)51)54(52,53)32-5-3-4-28(22-32)35(46)44-34-21-16-29(39(40,41)42)23-33(34)36(47)43-30-17-10-25(11-18-30)7-6-24-8-12-26(13-9-24)37(48)49/h3-5,8-13,16-18,21-23,27,31H,2,6-7,14-15,19-20H2,1H3,(H,43,47)(H,44,46)(H,48,49)(H,50,51)/t27-,31-. The molecule has 0 saturated heterocycles. The minimum Gasteiger partial charge on any atom is -0.481 e. The predicted molar refractivity (Wildman–Crippen MR) is 194 cm³/mol. The fraction of sp³-hybridized carbons (Fsp3) is 0.282. The van der Waals surface area contributed by atoms with Crippen molar-refractivity contribution in [2.75, 3.05) is 17.2 Å². The molecule has 0 aromatic heterocycles. The minimum atomic E-state index is -4.80. The second-order valence-electron chi connectivity index (χ2n) is 12.9. The second-order valence-corrected chi connectivity index (χ2v) is 14.8. The maximum atomic E-state index is 13.7. The Morgan fingerprint density at radius 3 is 1.93 bits per heavy atom. The Labute approximate surface area is 309 Å². The first-order valence-corrected chi connectivity index (χ1v) is 18.6. The molecule has 0 spiro atoms. The fourth-order valence-corrected chi connectivity index (χ4v) is 8.18. The maximum Gasteiger partial charge on any atom is 0.416 e. The molecule has 0 atom stereocenters. The number of hydrogen-bond donors (Lipinski definition) is 4. The van der Waals surface area contributed by atoms with Gasteiger partial charge in [-0.15, -0.1) is 0 Å². The number of nitrogens with zero attached hydrogens (tertiary/aromatic N) is 1. The highest BCUT2D eigenvalue weighted by Gasteiger charge is 2.36. The van der Waals surface area contributed by atoms with Gasteiger partial charge in [-0.2, -0.15) is 17.5 Å². The van der Waals surface area contributed by atoms with Gasteiger partial charge in [0.1, 0.15) is 0 Å². The van der Waals surface area contributed by atoms with Crippen molar-refractivity contribution in [1.82, 2.24) is 4.31 Å². The maximum absolute atomic E-state index is 13.7. The van der Waals surface area contributed by atoms with E-state index in [4.69, 9.17) is 5.11 Å². The molecule has 284 valence electrons. The van der Waals surface area contributed by atoms with Gasteiger partial charge in [0.05, 0.1) is 33.2 Å². The number of aromatic carboxylic acids is 1. The monoisotopic (exact) mass is 765 g/mol. The molecule has 15 heteroatoms. The number of rotatable bonds is 13. The average molecular weight is 766 g/mol. The number of sulfonamides is 1. The molecule has 0 aliphatic heterocycles. The number of aliphatic carboxylic acids is 1. The summed E-state index contributed by atoms with van der Waals surface area (Å²) < 4.78 is 69.9. The Morgan fingerprint density at radius 2 is 1.37 bits per heavy atom. The van der Waals surface area contributed by atoms with E-state index in [0.717, 1.165) is 29.3 Å². The summed E-state index contributed by atoms with van der Waals surface area (Å²) in [6.07, 6.45) is -2.21. The van der Waals surface area contributed by atoms with Crippen LogP contribution in [0.3, 0.4) is 0 Å². The first kappa shape index (κ1) is 39.7. The number of aryl methyl sites for hydroxylation is 2. The average Bonchev–Trinajstić information content (AvgIpc) is 3.14. The number of carboxylic acids is 2. The highest BCUT2D eigenvalue weighted by molar-refractivity contribution is 7.89. The van der Waals surface area contributed by atoms with E-state index in [-0.39, 0.29) is 33.9 Å². The number of carboxylic acid groups (broad SMARTS) is 2. The van der Waals surface area contributed by atoms with E-state index in [2.05, 4.69) is 10.6 Å². The molecular formula is C39H38F3N3O8S. The molecule has 1 aliphatic carbocycles. The van der Waals surface area contributed by atoms with E-state index >= 15 is 0 Å². The van der Waals surface area contributed by atoms with Crippen LogP contribution >= 0.6 is 0 Å². The smallest absolute Gasteiger partial charge is 0.416 e. The molecule has 1 saturated carbocycles. The van der Waals surface area contributed by atoms with Gasteiger partial charge in [0, 0.05) is 23.8 Å². The topological polar surface area (TPSA) is 170 Å². The molecule has 4 N–H and O–H groups in total. The molecule has 4 aromatic carbocycles. The van der Waals surface area contributed by atoms with Crippen LogP contribution in [-0.2, 0) is 33.8 Å². The lowest BCUT2D eigenvalue weighted by Gasteiger charge is -2.34. The third kappa shape index (κ3) is 9.51. The molecule has 0 radical (unpaired) electrons. The zero-order chi connectivity index (χ0) is 39.2. The molecule has 0 unspecified atom stereocenters. The van der Waals surface area contributed by atoms with Gasteiger partial charge in [0.25, 0.3) is 11.8 Å². The van der Waals surface area contributed by atoms with Gasteiger partial charge in [-0.25, -0.2) is 13.2 Å². The number of hydrogen-bond acceptors (Lipinski definition) is 6. The fourth-order valence-electron chi connectivity index (χ4n) is 6.44. The molecule has 1 aliphatic rings. The number of alkyl halides is 3. The second kappa shape index (κ2) is 16.6. The molecule has 2 amide bonds. The van der Waals surface area contributed by atoms with E-state index in [1.807, 2.05) is 0 Å². The van der Waals surface area contributed by atoms with Crippen molar-refractivity contribution in [2.45, 2.75) is 62.6 Å². The van der Waals surface area contributed by atoms with Crippen LogP contribution in [0.4, 0.5) is 24.5 Å². The van der Waals surface area contributed by atoms with Gasteiger partial charge in [0.15, 0.2) is 0 Å². The third-order valence-corrected chi connectivity index (χ3v) is 11.4. The van der Waals surface area contributed by atoms with Crippen LogP contribution < -0.4 is 10.6 Å². The Kier molecular flexibility index (Phi) is 12.2. The highest BCUT2D eigenvalue weighted by atomic mass is 32.2. The van der Waals surface area contributed by atoms with Gasteiger partial charge in [-0.05, 0) is 110 Å². The summed E-state index contributed by atoms with van der Waals surface area (Å²) in [5, 5.41) is 23.4. The van der Waals surface area contributed by atoms with Crippen molar-refractivity contribution in [1.29, 1.82) is 0 Å². The van der Waals surface area contributed by atoms with Crippen LogP contribution in [0.1, 0.15) is 80.4 Å². The van der Waals surface area contributed by atoms with E-state index in [0.29, 0.717) is 44.6 Å². The summed E-state index contributed by atoms with van der Waals surface area (Å²) >= 11 is 0. The number of anilines is 2. The number of carbonyl (C=O) groups is 4. The highest BCUT2D eigenvalue weighted by Crippen LogP contribution is 2.34. The van der Waals surface area contributed by atoms with Gasteiger partial charge < -0.3 is 20.8 Å². The van der Waals surface area contributed by atoms with Crippen LogP contribution in [0, 0.1) is 5.92 Å². The third-order valence-electron chi connectivity index (χ3n) is 9.42. The normalized spacial score (nSPS) is 16.1. The summed E-state index contributed by atoms with van der Waals surface area (Å²) in [4.78, 5) is 49.1. The Bertz CT molecular complexity index is 2130. The summed E-state index contributed by atoms with van der Waals surface area (Å²) in [7, 11) is -4.12. The molecule has 0 heterocycles. The van der Waals surface area contributed by atoms with Gasteiger partial charge in [-0.1, -0.05) is 37.3 Å². The van der Waals surface area contributed by atoms with Crippen molar-refractivity contribution >= 4 is 45.2 Å². The van der Waals surface area contributed by atoms with Crippen molar-refractivity contribution in [2.24, 2.45) is 5.92 Å². The lowest BCUT2D eigenvalue weighted by atomic mass is 9.86. The minimum absolute atomic E-state index is 0.110. The molecule has 54 heavy (non-hydrogen) atoms. The zero-order valence-corrected chi connectivity index (χ0v) is 29.9. The first-order valence-electron chi connectivity index (χ1n) is 17.2. The summed E-state index contributed by atoms with van der Waals surface area (Å²) in [6, 6.07) is 20.1. The SMILES string of the molecule is CCN([C@H]1CC[C@H](C(=O)O)CC1)S(=O)(=O)c1cccc(C(=O)Nc2ccc(C(F)(F)F)cc2C(=O)Nc2ccc(CCc3ccc(C(=O)O)cc3)cc2)c1. The predicted octanol–water partition coefficient (Wildman–Crippen LogP) is 7.35. The molecule has 0 bridgehead atoms. The van der Waals surface area contributed by atoms with Gasteiger partial charge in [-0.3, -0.25) is 14.4 Å². The van der Waals surface area contributed by atoms with E-state index < -0.39 is 63.0 Å². The Balaban J connectivity index is 1.31. The quantitative estimate of drug-likeness (QED) is 0.110. The first-order chi connectivity index (χ1) is 25.6. The molecule has 11 nitrogen and oxygen atoms in total. The van der Waals surface area contributed by atoms with Crippen molar-refractivity contribution in [3.63, 3.8) is 0 Å². The van der Waals surface area contributed by atoms with Crippen LogP contribution in [0.25, 0.3) is 0 Å². The van der Waals surface area contributed by atoms with E-state index in [1.165, 1.54) is 34.6 Å². The molecular weight excluding hydrogens is 728 g/mol. The summed E-state index contributed by atoms with van der Waals surface area (Å²) in [5.74, 6) is -4.28. The number of amides is 2.